The first-order chi connectivity index (χ1) is 9.17. The first-order valence-corrected chi connectivity index (χ1v) is 7.62. The van der Waals surface area contributed by atoms with Gasteiger partial charge in [-0.3, -0.25) is 4.98 Å². The van der Waals surface area contributed by atoms with Crippen LogP contribution in [0, 0.1) is 0 Å². The number of benzene rings is 1. The van der Waals surface area contributed by atoms with E-state index in [1.54, 1.807) is 18.3 Å². The van der Waals surface area contributed by atoms with E-state index in [0.29, 0.717) is 6.54 Å². The smallest absolute Gasteiger partial charge is 0.242 e. The Kier molecular flexibility index (Phi) is 3.08. The molecule has 1 aliphatic carbocycles. The Labute approximate surface area is 112 Å². The molecule has 0 saturated carbocycles. The molecule has 1 atom stereocenters. The minimum atomic E-state index is -3.45. The summed E-state index contributed by atoms with van der Waals surface area (Å²) in [6.45, 7) is 0.439. The number of sulfonamides is 1. The van der Waals surface area contributed by atoms with Crippen molar-refractivity contribution in [2.75, 3.05) is 6.54 Å². The molecule has 0 aliphatic heterocycles. The SMILES string of the molecule is O=S(=O)(NCC1Cc2ccccc21)c1cccnc1. The third kappa shape index (κ3) is 2.39. The Bertz CT molecular complexity index is 684. The molecule has 2 aromatic rings. The summed E-state index contributed by atoms with van der Waals surface area (Å²) in [5.74, 6) is 0.280. The highest BCUT2D eigenvalue weighted by molar-refractivity contribution is 7.89. The van der Waals surface area contributed by atoms with Gasteiger partial charge in [0.15, 0.2) is 0 Å². The van der Waals surface area contributed by atoms with E-state index < -0.39 is 10.0 Å². The second kappa shape index (κ2) is 4.75. The minimum absolute atomic E-state index is 0.211. The fraction of sp³-hybridized carbons (Fsp3) is 0.214. The van der Waals surface area contributed by atoms with Crippen molar-refractivity contribution >= 4 is 10.0 Å². The Morgan fingerprint density at radius 1 is 1.21 bits per heavy atom. The molecular weight excluding hydrogens is 260 g/mol. The molecule has 0 amide bonds. The van der Waals surface area contributed by atoms with E-state index in [2.05, 4.69) is 21.8 Å². The minimum Gasteiger partial charge on any atom is -0.263 e. The van der Waals surface area contributed by atoms with E-state index in [9.17, 15) is 8.42 Å². The highest BCUT2D eigenvalue weighted by Gasteiger charge is 2.26. The molecule has 4 nitrogen and oxygen atoms in total. The van der Waals surface area contributed by atoms with Crippen molar-refractivity contribution in [3.8, 4) is 0 Å². The molecule has 0 radical (unpaired) electrons. The number of nitrogens with zero attached hydrogens (tertiary/aromatic N) is 1. The van der Waals surface area contributed by atoms with Crippen LogP contribution >= 0.6 is 0 Å². The molecule has 1 heterocycles. The molecule has 98 valence electrons. The molecule has 3 rings (SSSR count). The van der Waals surface area contributed by atoms with Crippen LogP contribution in [0.5, 0.6) is 0 Å². The molecule has 1 aromatic carbocycles. The van der Waals surface area contributed by atoms with Crippen LogP contribution in [-0.2, 0) is 16.4 Å². The normalized spacial score (nSPS) is 17.6. The highest BCUT2D eigenvalue weighted by atomic mass is 32.2. The highest BCUT2D eigenvalue weighted by Crippen LogP contribution is 2.34. The summed E-state index contributed by atoms with van der Waals surface area (Å²) in [5.41, 5.74) is 2.56. The van der Waals surface area contributed by atoms with E-state index in [0.717, 1.165) is 6.42 Å². The van der Waals surface area contributed by atoms with E-state index in [-0.39, 0.29) is 10.8 Å². The van der Waals surface area contributed by atoms with Crippen molar-refractivity contribution in [1.29, 1.82) is 0 Å². The van der Waals surface area contributed by atoms with Crippen molar-refractivity contribution in [3.05, 3.63) is 59.9 Å². The molecule has 1 aliphatic rings. The standard InChI is InChI=1S/C14H14N2O2S/c17-19(18,13-5-3-7-15-10-13)16-9-12-8-11-4-1-2-6-14(11)12/h1-7,10,12,16H,8-9H2. The topological polar surface area (TPSA) is 59.1 Å². The van der Waals surface area contributed by atoms with Crippen molar-refractivity contribution in [2.45, 2.75) is 17.2 Å². The molecule has 1 unspecified atom stereocenters. The maximum Gasteiger partial charge on any atom is 0.242 e. The number of nitrogens with one attached hydrogen (secondary N) is 1. The van der Waals surface area contributed by atoms with Crippen LogP contribution in [0.15, 0.2) is 53.7 Å². The number of pyridine rings is 1. The van der Waals surface area contributed by atoms with Gasteiger partial charge in [-0.15, -0.1) is 0 Å². The fourth-order valence-corrected chi connectivity index (χ4v) is 3.39. The van der Waals surface area contributed by atoms with Gasteiger partial charge in [-0.25, -0.2) is 13.1 Å². The zero-order valence-corrected chi connectivity index (χ0v) is 11.1. The van der Waals surface area contributed by atoms with Crippen molar-refractivity contribution in [3.63, 3.8) is 0 Å². The zero-order chi connectivity index (χ0) is 13.3. The summed E-state index contributed by atoms with van der Waals surface area (Å²) < 4.78 is 26.7. The lowest BCUT2D eigenvalue weighted by Gasteiger charge is -2.30. The summed E-state index contributed by atoms with van der Waals surface area (Å²) in [5, 5.41) is 0. The first-order valence-electron chi connectivity index (χ1n) is 6.14. The number of fused-ring (bicyclic) bond motifs is 1. The lowest BCUT2D eigenvalue weighted by molar-refractivity contribution is 0.552. The summed E-state index contributed by atoms with van der Waals surface area (Å²) in [4.78, 5) is 4.04. The lowest BCUT2D eigenvalue weighted by Crippen LogP contribution is -2.33. The van der Waals surface area contributed by atoms with E-state index >= 15 is 0 Å². The molecule has 1 aromatic heterocycles. The molecule has 5 heteroatoms. The van der Waals surface area contributed by atoms with Crippen LogP contribution in [0.25, 0.3) is 0 Å². The number of rotatable bonds is 4. The molecule has 0 spiro atoms. The second-order valence-electron chi connectivity index (χ2n) is 4.64. The van der Waals surface area contributed by atoms with Crippen LogP contribution in [0.2, 0.25) is 0 Å². The maximum absolute atomic E-state index is 12.0. The summed E-state index contributed by atoms with van der Waals surface area (Å²) in [6, 6.07) is 11.3. The van der Waals surface area contributed by atoms with Gasteiger partial charge in [0.2, 0.25) is 10.0 Å². The van der Waals surface area contributed by atoms with Gasteiger partial charge in [0, 0.05) is 24.9 Å². The molecular formula is C14H14N2O2S. The predicted octanol–water partition coefficient (Wildman–Crippen LogP) is 1.70. The molecule has 0 bridgehead atoms. The first kappa shape index (κ1) is 12.3. The van der Waals surface area contributed by atoms with Gasteiger partial charge in [-0.2, -0.15) is 0 Å². The quantitative estimate of drug-likeness (QED) is 0.923. The number of hydrogen-bond acceptors (Lipinski definition) is 3. The van der Waals surface area contributed by atoms with Crippen molar-refractivity contribution in [2.24, 2.45) is 0 Å². The summed E-state index contributed by atoms with van der Waals surface area (Å²) >= 11 is 0. The molecule has 1 N–H and O–H groups in total. The van der Waals surface area contributed by atoms with Crippen LogP contribution in [0.4, 0.5) is 0 Å². The van der Waals surface area contributed by atoms with Gasteiger partial charge in [0.25, 0.3) is 0 Å². The predicted molar refractivity (Wildman–Crippen MR) is 72.3 cm³/mol. The van der Waals surface area contributed by atoms with Gasteiger partial charge in [-0.1, -0.05) is 24.3 Å². The van der Waals surface area contributed by atoms with Crippen LogP contribution in [0.1, 0.15) is 17.0 Å². The average molecular weight is 274 g/mol. The third-order valence-electron chi connectivity index (χ3n) is 3.43. The van der Waals surface area contributed by atoms with E-state index in [1.807, 2.05) is 12.1 Å². The average Bonchev–Trinajstić information content (AvgIpc) is 2.41. The summed E-state index contributed by atoms with van der Waals surface area (Å²) in [7, 11) is -3.45. The molecule has 0 saturated heterocycles. The fourth-order valence-electron chi connectivity index (χ4n) is 2.34. The van der Waals surface area contributed by atoms with Crippen molar-refractivity contribution in [1.82, 2.24) is 9.71 Å². The zero-order valence-electron chi connectivity index (χ0n) is 10.3. The van der Waals surface area contributed by atoms with Gasteiger partial charge in [-0.05, 0) is 29.7 Å². The Morgan fingerprint density at radius 2 is 2.05 bits per heavy atom. The van der Waals surface area contributed by atoms with Crippen LogP contribution in [0.3, 0.4) is 0 Å². The van der Waals surface area contributed by atoms with Gasteiger partial charge >= 0.3 is 0 Å². The molecule has 0 fully saturated rings. The maximum atomic E-state index is 12.0. The second-order valence-corrected chi connectivity index (χ2v) is 6.41. The largest absolute Gasteiger partial charge is 0.263 e. The monoisotopic (exact) mass is 274 g/mol. The van der Waals surface area contributed by atoms with Gasteiger partial charge in [0.05, 0.1) is 0 Å². The van der Waals surface area contributed by atoms with Crippen molar-refractivity contribution < 1.29 is 8.42 Å². The van der Waals surface area contributed by atoms with Crippen LogP contribution < -0.4 is 4.72 Å². The Morgan fingerprint density at radius 3 is 2.79 bits per heavy atom. The third-order valence-corrected chi connectivity index (χ3v) is 4.83. The van der Waals surface area contributed by atoms with Gasteiger partial charge < -0.3 is 0 Å². The summed E-state index contributed by atoms with van der Waals surface area (Å²) in [6.07, 6.45) is 3.85. The van der Waals surface area contributed by atoms with Crippen LogP contribution in [-0.4, -0.2) is 19.9 Å². The molecule has 19 heavy (non-hydrogen) atoms. The van der Waals surface area contributed by atoms with E-state index in [1.165, 1.54) is 17.3 Å². The Balaban J connectivity index is 1.68. The Hall–Kier alpha value is -1.72. The number of hydrogen-bond donors (Lipinski definition) is 1. The van der Waals surface area contributed by atoms with E-state index in [4.69, 9.17) is 0 Å². The lowest BCUT2D eigenvalue weighted by atomic mass is 9.78. The number of aromatic nitrogens is 1. The van der Waals surface area contributed by atoms with Gasteiger partial charge in [0.1, 0.15) is 4.90 Å².